The van der Waals surface area contributed by atoms with Gasteiger partial charge in [0.25, 0.3) is 0 Å². The van der Waals surface area contributed by atoms with Crippen molar-refractivity contribution in [2.75, 3.05) is 7.11 Å². The van der Waals surface area contributed by atoms with Gasteiger partial charge >= 0.3 is 5.97 Å². The maximum Gasteiger partial charge on any atom is 0.328 e. The SMILES string of the molecule is COC(=O)C(CC(C)C)NC(=O)CCc1ncc(-c2ccc(C)cc2)o1. The number of methoxy groups -OCH3 is 1. The van der Waals surface area contributed by atoms with Crippen LogP contribution in [-0.4, -0.2) is 30.0 Å². The monoisotopic (exact) mass is 358 g/mol. The van der Waals surface area contributed by atoms with E-state index in [1.165, 1.54) is 12.7 Å². The predicted octanol–water partition coefficient (Wildman–Crippen LogP) is 3.29. The van der Waals surface area contributed by atoms with E-state index >= 15 is 0 Å². The molecule has 1 unspecified atom stereocenters. The second kappa shape index (κ2) is 9.17. The molecule has 1 heterocycles. The minimum Gasteiger partial charge on any atom is -0.467 e. The zero-order valence-corrected chi connectivity index (χ0v) is 15.7. The van der Waals surface area contributed by atoms with E-state index in [2.05, 4.69) is 10.3 Å². The second-order valence-corrected chi connectivity index (χ2v) is 6.76. The lowest BCUT2D eigenvalue weighted by atomic mass is 10.0. The van der Waals surface area contributed by atoms with Crippen molar-refractivity contribution in [3.05, 3.63) is 41.9 Å². The summed E-state index contributed by atoms with van der Waals surface area (Å²) in [6, 6.07) is 7.33. The topological polar surface area (TPSA) is 81.4 Å². The van der Waals surface area contributed by atoms with E-state index in [4.69, 9.17) is 9.15 Å². The fourth-order valence-electron chi connectivity index (χ4n) is 2.59. The molecule has 2 rings (SSSR count). The summed E-state index contributed by atoms with van der Waals surface area (Å²) >= 11 is 0. The zero-order valence-electron chi connectivity index (χ0n) is 15.7. The number of ether oxygens (including phenoxy) is 1. The lowest BCUT2D eigenvalue weighted by Crippen LogP contribution is -2.42. The Bertz CT molecular complexity index is 735. The molecule has 1 amide bonds. The lowest BCUT2D eigenvalue weighted by Gasteiger charge is -2.18. The molecular formula is C20H26N2O4. The maximum atomic E-state index is 12.2. The molecule has 0 saturated carbocycles. The van der Waals surface area contributed by atoms with Gasteiger partial charge in [-0.1, -0.05) is 43.7 Å². The van der Waals surface area contributed by atoms with Crippen molar-refractivity contribution in [1.29, 1.82) is 0 Å². The molecule has 1 aromatic carbocycles. The first-order valence-electron chi connectivity index (χ1n) is 8.78. The van der Waals surface area contributed by atoms with E-state index in [9.17, 15) is 9.59 Å². The molecule has 0 aliphatic rings. The van der Waals surface area contributed by atoms with E-state index in [1.54, 1.807) is 6.20 Å². The predicted molar refractivity (Wildman–Crippen MR) is 98.4 cm³/mol. The van der Waals surface area contributed by atoms with E-state index in [0.29, 0.717) is 24.5 Å². The van der Waals surface area contributed by atoms with Crippen LogP contribution in [0.15, 0.2) is 34.9 Å². The Balaban J connectivity index is 1.90. The molecule has 0 radical (unpaired) electrons. The van der Waals surface area contributed by atoms with Crippen molar-refractivity contribution in [2.24, 2.45) is 5.92 Å². The number of hydrogen-bond donors (Lipinski definition) is 1. The van der Waals surface area contributed by atoms with Crippen LogP contribution in [0, 0.1) is 12.8 Å². The summed E-state index contributed by atoms with van der Waals surface area (Å²) in [7, 11) is 1.32. The van der Waals surface area contributed by atoms with Gasteiger partial charge < -0.3 is 14.5 Å². The van der Waals surface area contributed by atoms with E-state index < -0.39 is 12.0 Å². The number of oxazole rings is 1. The van der Waals surface area contributed by atoms with E-state index in [-0.39, 0.29) is 18.2 Å². The number of esters is 1. The van der Waals surface area contributed by atoms with Gasteiger partial charge in [0.1, 0.15) is 6.04 Å². The fourth-order valence-corrected chi connectivity index (χ4v) is 2.59. The van der Waals surface area contributed by atoms with Gasteiger partial charge in [0.05, 0.1) is 13.3 Å². The Morgan fingerprint density at radius 2 is 1.92 bits per heavy atom. The van der Waals surface area contributed by atoms with Crippen LogP contribution in [0.3, 0.4) is 0 Å². The number of aromatic nitrogens is 1. The first-order valence-corrected chi connectivity index (χ1v) is 8.78. The van der Waals surface area contributed by atoms with Crippen LogP contribution >= 0.6 is 0 Å². The summed E-state index contributed by atoms with van der Waals surface area (Å²) in [6.07, 6.45) is 2.76. The zero-order chi connectivity index (χ0) is 19.1. The first kappa shape index (κ1) is 19.7. The Hall–Kier alpha value is -2.63. The average molecular weight is 358 g/mol. The normalized spacial score (nSPS) is 12.0. The summed E-state index contributed by atoms with van der Waals surface area (Å²) in [4.78, 5) is 28.2. The van der Waals surface area contributed by atoms with E-state index in [1.807, 2.05) is 45.0 Å². The van der Waals surface area contributed by atoms with Crippen LogP contribution < -0.4 is 5.32 Å². The van der Waals surface area contributed by atoms with Crippen LogP contribution in [0.1, 0.15) is 38.1 Å². The Kier molecular flexibility index (Phi) is 6.95. The molecule has 140 valence electrons. The number of hydrogen-bond acceptors (Lipinski definition) is 5. The summed E-state index contributed by atoms with van der Waals surface area (Å²) in [5, 5.41) is 2.73. The number of carbonyl (C=O) groups is 2. The molecule has 0 fully saturated rings. The third-order valence-corrected chi connectivity index (χ3v) is 3.98. The number of carbonyl (C=O) groups excluding carboxylic acids is 2. The second-order valence-electron chi connectivity index (χ2n) is 6.76. The molecular weight excluding hydrogens is 332 g/mol. The van der Waals surface area contributed by atoms with Crippen LogP contribution in [-0.2, 0) is 20.7 Å². The molecule has 0 spiro atoms. The Morgan fingerprint density at radius 1 is 1.23 bits per heavy atom. The van der Waals surface area contributed by atoms with Crippen molar-refractivity contribution in [3.63, 3.8) is 0 Å². The Labute approximate surface area is 154 Å². The number of aryl methyl sites for hydroxylation is 2. The number of rotatable bonds is 8. The first-order chi connectivity index (χ1) is 12.4. The minimum absolute atomic E-state index is 0.194. The van der Waals surface area contributed by atoms with Crippen molar-refractivity contribution in [1.82, 2.24) is 10.3 Å². The molecule has 1 atom stereocenters. The van der Waals surface area contributed by atoms with Crippen molar-refractivity contribution in [3.8, 4) is 11.3 Å². The standard InChI is InChI=1S/C20H26N2O4/c1-13(2)11-16(20(24)25-4)22-18(23)9-10-19-21-12-17(26-19)15-7-5-14(3)6-8-15/h5-8,12-13,16H,9-11H2,1-4H3,(H,22,23). The average Bonchev–Trinajstić information content (AvgIpc) is 3.08. The van der Waals surface area contributed by atoms with Gasteiger partial charge in [-0.25, -0.2) is 9.78 Å². The highest BCUT2D eigenvalue weighted by Crippen LogP contribution is 2.21. The lowest BCUT2D eigenvalue weighted by molar-refractivity contribution is -0.145. The molecule has 2 aromatic rings. The molecule has 6 nitrogen and oxygen atoms in total. The number of nitrogens with one attached hydrogen (secondary N) is 1. The number of benzene rings is 1. The largest absolute Gasteiger partial charge is 0.467 e. The van der Waals surface area contributed by atoms with Crippen LogP contribution in [0.2, 0.25) is 0 Å². The molecule has 26 heavy (non-hydrogen) atoms. The van der Waals surface area contributed by atoms with Gasteiger partial charge in [0, 0.05) is 18.4 Å². The fraction of sp³-hybridized carbons (Fsp3) is 0.450. The summed E-state index contributed by atoms with van der Waals surface area (Å²) in [5.74, 6) is 0.783. The van der Waals surface area contributed by atoms with Gasteiger partial charge in [-0.15, -0.1) is 0 Å². The van der Waals surface area contributed by atoms with Crippen molar-refractivity contribution < 1.29 is 18.7 Å². The molecule has 6 heteroatoms. The van der Waals surface area contributed by atoms with Gasteiger partial charge in [-0.2, -0.15) is 0 Å². The molecule has 1 N–H and O–H groups in total. The highest BCUT2D eigenvalue weighted by Gasteiger charge is 2.22. The van der Waals surface area contributed by atoms with Gasteiger partial charge in [0.2, 0.25) is 5.91 Å². The van der Waals surface area contributed by atoms with Crippen molar-refractivity contribution in [2.45, 2.75) is 46.1 Å². The highest BCUT2D eigenvalue weighted by atomic mass is 16.5. The summed E-state index contributed by atoms with van der Waals surface area (Å²) in [5.41, 5.74) is 2.12. The van der Waals surface area contributed by atoms with Crippen LogP contribution in [0.5, 0.6) is 0 Å². The third kappa shape index (κ3) is 5.72. The van der Waals surface area contributed by atoms with Crippen LogP contribution in [0.4, 0.5) is 0 Å². The van der Waals surface area contributed by atoms with Crippen LogP contribution in [0.25, 0.3) is 11.3 Å². The maximum absolute atomic E-state index is 12.2. The summed E-state index contributed by atoms with van der Waals surface area (Å²) < 4.78 is 10.5. The van der Waals surface area contributed by atoms with Gasteiger partial charge in [-0.05, 0) is 19.3 Å². The van der Waals surface area contributed by atoms with Crippen molar-refractivity contribution >= 4 is 11.9 Å². The Morgan fingerprint density at radius 3 is 2.54 bits per heavy atom. The molecule has 0 aliphatic carbocycles. The number of nitrogens with zero attached hydrogens (tertiary/aromatic N) is 1. The molecule has 0 saturated heterocycles. The number of amides is 1. The summed E-state index contributed by atoms with van der Waals surface area (Å²) in [6.45, 7) is 6.00. The molecule has 1 aromatic heterocycles. The third-order valence-electron chi connectivity index (χ3n) is 3.98. The highest BCUT2D eigenvalue weighted by molar-refractivity contribution is 5.84. The minimum atomic E-state index is -0.625. The van der Waals surface area contributed by atoms with Gasteiger partial charge in [0.15, 0.2) is 11.7 Å². The molecule has 0 aliphatic heterocycles. The molecule has 0 bridgehead atoms. The van der Waals surface area contributed by atoms with E-state index in [0.717, 1.165) is 5.56 Å². The quantitative estimate of drug-likeness (QED) is 0.732. The smallest absolute Gasteiger partial charge is 0.328 e. The van der Waals surface area contributed by atoms with Gasteiger partial charge in [-0.3, -0.25) is 4.79 Å².